The van der Waals surface area contributed by atoms with Crippen LogP contribution in [0.15, 0.2) is 24.3 Å². The van der Waals surface area contributed by atoms with Crippen LogP contribution in [-0.4, -0.2) is 17.4 Å². The van der Waals surface area contributed by atoms with E-state index in [9.17, 15) is 4.79 Å². The van der Waals surface area contributed by atoms with Crippen molar-refractivity contribution in [1.82, 2.24) is 0 Å². The molecule has 0 aliphatic heterocycles. The number of carbonyl (C=O) groups excluding carboxylic acids is 1. The number of phenolic OH excluding ortho intramolecular Hbond substituents is 1. The molecule has 1 rings (SSSR count). The molecule has 1 unspecified atom stereocenters. The normalized spacial score (nSPS) is 12.3. The SMILES string of the molecule is CC(C)(C)C=O.CC(N)CCc1ccc(O)cc1. The number of rotatable bonds is 3. The smallest absolute Gasteiger partial charge is 0.125 e. The lowest BCUT2D eigenvalue weighted by Gasteiger charge is -2.04. The van der Waals surface area contributed by atoms with E-state index < -0.39 is 0 Å². The molecule has 0 saturated carbocycles. The summed E-state index contributed by atoms with van der Waals surface area (Å²) < 4.78 is 0. The summed E-state index contributed by atoms with van der Waals surface area (Å²) in [6.45, 7) is 7.63. The van der Waals surface area contributed by atoms with E-state index in [1.54, 1.807) is 12.1 Å². The van der Waals surface area contributed by atoms with Crippen molar-refractivity contribution in [2.24, 2.45) is 11.1 Å². The second-order valence-corrected chi connectivity index (χ2v) is 5.67. The zero-order chi connectivity index (χ0) is 14.2. The van der Waals surface area contributed by atoms with Crippen LogP contribution in [-0.2, 0) is 11.2 Å². The van der Waals surface area contributed by atoms with E-state index in [-0.39, 0.29) is 11.5 Å². The van der Waals surface area contributed by atoms with Crippen molar-refractivity contribution >= 4 is 6.29 Å². The van der Waals surface area contributed by atoms with Gasteiger partial charge in [-0.15, -0.1) is 0 Å². The van der Waals surface area contributed by atoms with Crippen LogP contribution in [0.2, 0.25) is 0 Å². The molecular formula is C15H25NO2. The van der Waals surface area contributed by atoms with Gasteiger partial charge in [-0.05, 0) is 37.5 Å². The van der Waals surface area contributed by atoms with Crippen LogP contribution in [0.25, 0.3) is 0 Å². The minimum absolute atomic E-state index is 0.139. The molecule has 0 aliphatic carbocycles. The van der Waals surface area contributed by atoms with E-state index in [1.807, 2.05) is 39.8 Å². The van der Waals surface area contributed by atoms with Gasteiger partial charge in [0.1, 0.15) is 12.0 Å². The summed E-state index contributed by atoms with van der Waals surface area (Å²) in [6, 6.07) is 7.52. The summed E-state index contributed by atoms with van der Waals surface area (Å²) in [7, 11) is 0. The lowest BCUT2D eigenvalue weighted by atomic mass is 10.0. The third kappa shape index (κ3) is 9.85. The van der Waals surface area contributed by atoms with Crippen molar-refractivity contribution in [2.45, 2.75) is 46.6 Å². The number of nitrogens with two attached hydrogens (primary N) is 1. The molecule has 0 spiro atoms. The highest BCUT2D eigenvalue weighted by molar-refractivity contribution is 5.56. The van der Waals surface area contributed by atoms with E-state index in [0.29, 0.717) is 5.75 Å². The first kappa shape index (κ1) is 16.6. The molecule has 3 N–H and O–H groups in total. The van der Waals surface area contributed by atoms with Gasteiger partial charge in [-0.2, -0.15) is 0 Å². The van der Waals surface area contributed by atoms with Crippen molar-refractivity contribution in [3.8, 4) is 5.75 Å². The Morgan fingerprint density at radius 2 is 1.72 bits per heavy atom. The highest BCUT2D eigenvalue weighted by Gasteiger charge is 2.04. The Kier molecular flexibility index (Phi) is 7.29. The number of carbonyl (C=O) groups is 1. The van der Waals surface area contributed by atoms with Gasteiger partial charge < -0.3 is 15.6 Å². The molecule has 0 heterocycles. The number of phenols is 1. The summed E-state index contributed by atoms with van der Waals surface area (Å²) in [6.07, 6.45) is 2.91. The number of hydrogen-bond acceptors (Lipinski definition) is 3. The molecule has 0 aromatic heterocycles. The first-order valence-corrected chi connectivity index (χ1v) is 6.24. The molecule has 0 radical (unpaired) electrons. The first-order valence-electron chi connectivity index (χ1n) is 6.24. The quantitative estimate of drug-likeness (QED) is 0.812. The van der Waals surface area contributed by atoms with Gasteiger partial charge in [-0.1, -0.05) is 32.9 Å². The van der Waals surface area contributed by atoms with Gasteiger partial charge >= 0.3 is 0 Å². The molecule has 0 saturated heterocycles. The Labute approximate surface area is 110 Å². The molecule has 1 aromatic carbocycles. The highest BCUT2D eigenvalue weighted by atomic mass is 16.3. The summed E-state index contributed by atoms with van der Waals surface area (Å²) in [4.78, 5) is 9.83. The molecular weight excluding hydrogens is 226 g/mol. The van der Waals surface area contributed by atoms with E-state index >= 15 is 0 Å². The number of aromatic hydroxyl groups is 1. The fraction of sp³-hybridized carbons (Fsp3) is 0.533. The predicted molar refractivity (Wildman–Crippen MR) is 75.6 cm³/mol. The van der Waals surface area contributed by atoms with Crippen LogP contribution in [0.1, 0.15) is 39.7 Å². The minimum Gasteiger partial charge on any atom is -0.508 e. The molecule has 0 bridgehead atoms. The van der Waals surface area contributed by atoms with Gasteiger partial charge in [-0.3, -0.25) is 0 Å². The minimum atomic E-state index is -0.139. The van der Waals surface area contributed by atoms with Crippen molar-refractivity contribution in [1.29, 1.82) is 0 Å². The average Bonchev–Trinajstić information content (AvgIpc) is 2.28. The fourth-order valence-electron chi connectivity index (χ4n) is 1.06. The maximum absolute atomic E-state index is 9.83. The van der Waals surface area contributed by atoms with Crippen LogP contribution in [0, 0.1) is 5.41 Å². The van der Waals surface area contributed by atoms with Gasteiger partial charge in [0.05, 0.1) is 0 Å². The van der Waals surface area contributed by atoms with Crippen LogP contribution in [0.3, 0.4) is 0 Å². The molecule has 3 heteroatoms. The Balaban J connectivity index is 0.000000411. The molecule has 1 aromatic rings. The average molecular weight is 251 g/mol. The Bertz CT molecular complexity index is 337. The maximum atomic E-state index is 9.83. The van der Waals surface area contributed by atoms with E-state index in [2.05, 4.69) is 0 Å². The lowest BCUT2D eigenvalue weighted by Crippen LogP contribution is -2.15. The standard InChI is InChI=1S/C10H15NO.C5H10O/c1-8(11)2-3-9-4-6-10(12)7-5-9;1-5(2,3)4-6/h4-8,12H,2-3,11H2,1H3;4H,1-3H3. The van der Waals surface area contributed by atoms with E-state index in [1.165, 1.54) is 5.56 Å². The van der Waals surface area contributed by atoms with E-state index in [4.69, 9.17) is 10.8 Å². The fourth-order valence-corrected chi connectivity index (χ4v) is 1.06. The van der Waals surface area contributed by atoms with Gasteiger partial charge in [0.2, 0.25) is 0 Å². The molecule has 18 heavy (non-hydrogen) atoms. The topological polar surface area (TPSA) is 63.3 Å². The number of aryl methyl sites for hydroxylation is 1. The van der Waals surface area contributed by atoms with E-state index in [0.717, 1.165) is 19.1 Å². The molecule has 3 nitrogen and oxygen atoms in total. The Morgan fingerprint density at radius 1 is 1.28 bits per heavy atom. The third-order valence-electron chi connectivity index (χ3n) is 2.18. The number of hydrogen-bond donors (Lipinski definition) is 2. The maximum Gasteiger partial charge on any atom is 0.125 e. The van der Waals surface area contributed by atoms with Crippen LogP contribution >= 0.6 is 0 Å². The van der Waals surface area contributed by atoms with Gasteiger partial charge in [-0.25, -0.2) is 0 Å². The summed E-state index contributed by atoms with van der Waals surface area (Å²) in [5.74, 6) is 0.319. The Morgan fingerprint density at radius 3 is 2.06 bits per heavy atom. The lowest BCUT2D eigenvalue weighted by molar-refractivity contribution is -0.113. The second-order valence-electron chi connectivity index (χ2n) is 5.67. The van der Waals surface area contributed by atoms with Crippen LogP contribution in [0.5, 0.6) is 5.75 Å². The zero-order valence-electron chi connectivity index (χ0n) is 11.8. The second kappa shape index (κ2) is 7.88. The summed E-state index contributed by atoms with van der Waals surface area (Å²) in [5, 5.41) is 9.01. The number of benzene rings is 1. The highest BCUT2D eigenvalue weighted by Crippen LogP contribution is 2.11. The molecule has 102 valence electrons. The third-order valence-corrected chi connectivity index (χ3v) is 2.18. The molecule has 0 amide bonds. The van der Waals surface area contributed by atoms with Gasteiger partial charge in [0.25, 0.3) is 0 Å². The van der Waals surface area contributed by atoms with Crippen molar-refractivity contribution in [2.75, 3.05) is 0 Å². The zero-order valence-corrected chi connectivity index (χ0v) is 11.8. The Hall–Kier alpha value is -1.35. The predicted octanol–water partition coefficient (Wildman–Crippen LogP) is 2.90. The monoisotopic (exact) mass is 251 g/mol. The van der Waals surface area contributed by atoms with Crippen molar-refractivity contribution in [3.05, 3.63) is 29.8 Å². The van der Waals surface area contributed by atoms with Crippen molar-refractivity contribution < 1.29 is 9.90 Å². The van der Waals surface area contributed by atoms with Crippen LogP contribution in [0.4, 0.5) is 0 Å². The first-order chi connectivity index (χ1) is 8.24. The molecule has 1 atom stereocenters. The van der Waals surface area contributed by atoms with Crippen LogP contribution < -0.4 is 5.73 Å². The largest absolute Gasteiger partial charge is 0.508 e. The van der Waals surface area contributed by atoms with Crippen molar-refractivity contribution in [3.63, 3.8) is 0 Å². The summed E-state index contributed by atoms with van der Waals surface area (Å²) in [5.41, 5.74) is 6.71. The number of aldehydes is 1. The molecule has 0 aliphatic rings. The summed E-state index contributed by atoms with van der Waals surface area (Å²) >= 11 is 0. The van der Waals surface area contributed by atoms with Gasteiger partial charge in [0.15, 0.2) is 0 Å². The molecule has 0 fully saturated rings. The van der Waals surface area contributed by atoms with Gasteiger partial charge in [0, 0.05) is 11.5 Å².